The lowest BCUT2D eigenvalue weighted by atomic mass is 9.46. The fourth-order valence-corrected chi connectivity index (χ4v) is 9.68. The second kappa shape index (κ2) is 12.7. The normalized spacial score (nSPS) is 31.6. The van der Waals surface area contributed by atoms with Crippen molar-refractivity contribution in [3.8, 4) is 0 Å². The minimum Gasteiger partial charge on any atom is -0.480 e. The van der Waals surface area contributed by atoms with E-state index in [1.165, 1.54) is 18.4 Å². The molecule has 0 radical (unpaired) electrons. The Morgan fingerprint density at radius 2 is 1.85 bits per heavy atom. The van der Waals surface area contributed by atoms with E-state index >= 15 is 0 Å². The standard InChI is InChI=1S/C36H46N4O6/c1-21(41)27-10-11-28-26-9-8-23-17-24(12-14-35(23,2)29(26)13-15-36(27,28)3)40-46-20-33(43)38-19-32(42)39-31(34(44)45)16-22-18-37-30-7-5-4-6-25(22)30/h4-7,17-18,26-29,31,37H,8-16,19-20H2,1-3H3,(H,38,43)(H,39,42)(H,44,45)/t26-,27-,28+,29-,31+,35-,36+/m0/s1. The number of amides is 2. The first-order chi connectivity index (χ1) is 22.0. The second-order valence-electron chi connectivity index (χ2n) is 14.4. The quantitative estimate of drug-likeness (QED) is 0.273. The molecule has 0 unspecified atom stereocenters. The van der Waals surface area contributed by atoms with Gasteiger partial charge in [-0.2, -0.15) is 0 Å². The highest BCUT2D eigenvalue weighted by molar-refractivity contribution is 5.96. The number of fused-ring (bicyclic) bond motifs is 6. The molecular formula is C36H46N4O6. The monoisotopic (exact) mass is 630 g/mol. The van der Waals surface area contributed by atoms with E-state index in [2.05, 4.69) is 40.7 Å². The average molecular weight is 631 g/mol. The molecule has 1 aromatic heterocycles. The number of oxime groups is 1. The number of carbonyl (C=O) groups excluding carboxylic acids is 3. The smallest absolute Gasteiger partial charge is 0.326 e. The Morgan fingerprint density at radius 1 is 1.04 bits per heavy atom. The number of allylic oxidation sites excluding steroid dienone is 2. The number of H-pyrrole nitrogens is 1. The van der Waals surface area contributed by atoms with Crippen LogP contribution in [0.5, 0.6) is 0 Å². The summed E-state index contributed by atoms with van der Waals surface area (Å²) in [4.78, 5) is 57.6. The third kappa shape index (κ3) is 5.98. The number of carbonyl (C=O) groups is 4. The van der Waals surface area contributed by atoms with Gasteiger partial charge in [-0.3, -0.25) is 14.4 Å². The lowest BCUT2D eigenvalue weighted by Gasteiger charge is -2.58. The van der Waals surface area contributed by atoms with Gasteiger partial charge in [-0.25, -0.2) is 4.79 Å². The van der Waals surface area contributed by atoms with Crippen LogP contribution in [0, 0.1) is 34.5 Å². The fraction of sp³-hybridized carbons (Fsp3) is 0.583. The number of ketones is 1. The highest BCUT2D eigenvalue weighted by Gasteiger charge is 2.59. The van der Waals surface area contributed by atoms with Gasteiger partial charge in [-0.1, -0.05) is 42.8 Å². The van der Waals surface area contributed by atoms with Crippen molar-refractivity contribution < 1.29 is 29.1 Å². The van der Waals surface area contributed by atoms with Crippen LogP contribution in [0.4, 0.5) is 0 Å². The number of aliphatic carboxylic acids is 1. The molecule has 10 nitrogen and oxygen atoms in total. The molecule has 4 aliphatic rings. The summed E-state index contributed by atoms with van der Waals surface area (Å²) in [5.41, 5.74) is 4.20. The van der Waals surface area contributed by atoms with Crippen LogP contribution in [-0.2, 0) is 30.4 Å². The number of hydrogen-bond donors (Lipinski definition) is 4. The third-order valence-corrected chi connectivity index (χ3v) is 12.0. The number of carboxylic acids is 1. The molecule has 246 valence electrons. The zero-order valence-electron chi connectivity index (χ0n) is 27.1. The molecule has 2 aromatic rings. The molecule has 4 aliphatic carbocycles. The Kier molecular flexibility index (Phi) is 8.83. The predicted octanol–water partition coefficient (Wildman–Crippen LogP) is 4.94. The minimum absolute atomic E-state index is 0.107. The van der Waals surface area contributed by atoms with Crippen molar-refractivity contribution >= 4 is 40.2 Å². The molecule has 1 heterocycles. The lowest BCUT2D eigenvalue weighted by Crippen LogP contribution is -2.51. The Morgan fingerprint density at radius 3 is 2.63 bits per heavy atom. The van der Waals surface area contributed by atoms with E-state index in [4.69, 9.17) is 4.84 Å². The molecule has 0 aliphatic heterocycles. The van der Waals surface area contributed by atoms with Gasteiger partial charge in [0, 0.05) is 29.4 Å². The molecule has 46 heavy (non-hydrogen) atoms. The number of nitrogens with zero attached hydrogens (tertiary/aromatic N) is 1. The Hall–Kier alpha value is -3.95. The largest absolute Gasteiger partial charge is 0.480 e. The number of para-hydroxylation sites is 1. The van der Waals surface area contributed by atoms with E-state index in [1.807, 2.05) is 24.3 Å². The number of benzene rings is 1. The summed E-state index contributed by atoms with van der Waals surface area (Å²) >= 11 is 0. The van der Waals surface area contributed by atoms with Crippen LogP contribution in [0.15, 0.2) is 47.3 Å². The Labute approximate surface area is 269 Å². The molecule has 0 saturated heterocycles. The van der Waals surface area contributed by atoms with Gasteiger partial charge in [0.1, 0.15) is 11.8 Å². The van der Waals surface area contributed by atoms with Gasteiger partial charge >= 0.3 is 5.97 Å². The number of aromatic nitrogens is 1. The first-order valence-electron chi connectivity index (χ1n) is 16.7. The highest BCUT2D eigenvalue weighted by Crippen LogP contribution is 2.66. The first kappa shape index (κ1) is 32.0. The van der Waals surface area contributed by atoms with Crippen molar-refractivity contribution in [2.24, 2.45) is 39.7 Å². The van der Waals surface area contributed by atoms with Crippen LogP contribution in [0.2, 0.25) is 0 Å². The summed E-state index contributed by atoms with van der Waals surface area (Å²) in [6.07, 6.45) is 12.5. The Balaban J connectivity index is 0.983. The van der Waals surface area contributed by atoms with Crippen molar-refractivity contribution in [1.29, 1.82) is 0 Å². The third-order valence-electron chi connectivity index (χ3n) is 12.0. The predicted molar refractivity (Wildman–Crippen MR) is 174 cm³/mol. The zero-order chi connectivity index (χ0) is 32.6. The molecule has 2 amide bonds. The number of rotatable bonds is 10. The molecule has 0 bridgehead atoms. The van der Waals surface area contributed by atoms with Crippen molar-refractivity contribution in [2.75, 3.05) is 13.2 Å². The first-order valence-corrected chi connectivity index (χ1v) is 16.7. The second-order valence-corrected chi connectivity index (χ2v) is 14.4. The summed E-state index contributed by atoms with van der Waals surface area (Å²) < 4.78 is 0. The maximum atomic E-state index is 12.5. The Bertz CT molecular complexity index is 1590. The van der Waals surface area contributed by atoms with Crippen LogP contribution in [-0.4, -0.2) is 58.6 Å². The van der Waals surface area contributed by atoms with Crippen LogP contribution in [0.1, 0.15) is 77.7 Å². The summed E-state index contributed by atoms with van der Waals surface area (Å²) in [6, 6.07) is 6.41. The van der Waals surface area contributed by atoms with E-state index in [9.17, 15) is 24.3 Å². The SMILES string of the molecule is CC(=O)[C@@H]1CC[C@@H]2[C@@H]3CCC4=CC(=NOCC(=O)NCC(=O)N[C@H](Cc5c[nH]c6ccccc56)C(=O)O)CC[C@]4(C)[C@H]3CC[C@@]21C. The van der Waals surface area contributed by atoms with Crippen molar-refractivity contribution in [3.05, 3.63) is 47.7 Å². The average Bonchev–Trinajstić information content (AvgIpc) is 3.60. The van der Waals surface area contributed by atoms with E-state index < -0.39 is 23.8 Å². The van der Waals surface area contributed by atoms with Gasteiger partial charge in [0.2, 0.25) is 5.91 Å². The van der Waals surface area contributed by atoms with Gasteiger partial charge in [0.05, 0.1) is 12.3 Å². The molecule has 6 rings (SSSR count). The maximum absolute atomic E-state index is 12.5. The summed E-state index contributed by atoms with van der Waals surface area (Å²) in [6.45, 7) is 5.88. The van der Waals surface area contributed by atoms with E-state index in [0.717, 1.165) is 60.7 Å². The molecule has 1 aromatic carbocycles. The number of nitrogens with one attached hydrogen (secondary N) is 3. The van der Waals surface area contributed by atoms with E-state index in [0.29, 0.717) is 23.5 Å². The number of hydrogen-bond acceptors (Lipinski definition) is 6. The summed E-state index contributed by atoms with van der Waals surface area (Å²) in [5.74, 6) is 0.238. The topological polar surface area (TPSA) is 150 Å². The van der Waals surface area contributed by atoms with Crippen molar-refractivity contribution in [3.63, 3.8) is 0 Å². The van der Waals surface area contributed by atoms with Gasteiger partial charge in [-0.05, 0) is 105 Å². The van der Waals surface area contributed by atoms with Gasteiger partial charge < -0.3 is 25.6 Å². The number of Topliss-reactive ketones (excluding diaryl/α,β-unsaturated/α-hetero) is 1. The molecule has 7 atom stereocenters. The number of carboxylic acid groups (broad SMARTS) is 1. The number of aromatic amines is 1. The summed E-state index contributed by atoms with van der Waals surface area (Å²) in [7, 11) is 0. The van der Waals surface area contributed by atoms with Crippen molar-refractivity contribution in [2.45, 2.75) is 84.6 Å². The van der Waals surface area contributed by atoms with Crippen LogP contribution in [0.25, 0.3) is 10.9 Å². The van der Waals surface area contributed by atoms with Gasteiger partial charge in [0.25, 0.3) is 5.91 Å². The highest BCUT2D eigenvalue weighted by atomic mass is 16.6. The van der Waals surface area contributed by atoms with Crippen LogP contribution < -0.4 is 10.6 Å². The maximum Gasteiger partial charge on any atom is 0.326 e. The van der Waals surface area contributed by atoms with Gasteiger partial charge in [0.15, 0.2) is 6.61 Å². The lowest BCUT2D eigenvalue weighted by molar-refractivity contribution is -0.141. The molecule has 4 N–H and O–H groups in total. The zero-order valence-corrected chi connectivity index (χ0v) is 27.1. The van der Waals surface area contributed by atoms with E-state index in [-0.39, 0.29) is 36.3 Å². The molecular weight excluding hydrogens is 584 g/mol. The fourth-order valence-electron chi connectivity index (χ4n) is 9.68. The van der Waals surface area contributed by atoms with Gasteiger partial charge in [-0.15, -0.1) is 0 Å². The van der Waals surface area contributed by atoms with Crippen molar-refractivity contribution in [1.82, 2.24) is 15.6 Å². The minimum atomic E-state index is -1.16. The van der Waals surface area contributed by atoms with Crippen LogP contribution in [0.3, 0.4) is 0 Å². The molecule has 3 saturated carbocycles. The summed E-state index contributed by atoms with van der Waals surface area (Å²) in [5, 5.41) is 19.8. The van der Waals surface area contributed by atoms with Crippen LogP contribution >= 0.6 is 0 Å². The van der Waals surface area contributed by atoms with E-state index in [1.54, 1.807) is 13.1 Å². The molecule has 3 fully saturated rings. The molecule has 0 spiro atoms. The molecule has 10 heteroatoms.